The van der Waals surface area contributed by atoms with Gasteiger partial charge in [-0.2, -0.15) is 0 Å². The Balaban J connectivity index is 1.78. The standard InChI is InChI=1S/C12H18O2/c1-14-9-4-11-7-2-8(6-13)10(3-7)12(11)5-9/h6-12H,2-5H2,1H3. The first-order chi connectivity index (χ1) is 6.83. The van der Waals surface area contributed by atoms with Gasteiger partial charge >= 0.3 is 0 Å². The summed E-state index contributed by atoms with van der Waals surface area (Å²) >= 11 is 0. The number of fused-ring (bicyclic) bond motifs is 5. The number of methoxy groups -OCH3 is 1. The van der Waals surface area contributed by atoms with E-state index in [1.165, 1.54) is 32.0 Å². The summed E-state index contributed by atoms with van der Waals surface area (Å²) in [6.07, 6.45) is 6.67. The van der Waals surface area contributed by atoms with Crippen LogP contribution in [-0.4, -0.2) is 19.5 Å². The second-order valence-corrected chi connectivity index (χ2v) is 5.35. The highest BCUT2D eigenvalue weighted by molar-refractivity contribution is 5.55. The van der Waals surface area contributed by atoms with Gasteiger partial charge in [0.1, 0.15) is 6.29 Å². The Bertz CT molecular complexity index is 251. The first-order valence-corrected chi connectivity index (χ1v) is 5.81. The second kappa shape index (κ2) is 3.06. The van der Waals surface area contributed by atoms with E-state index in [0.717, 1.165) is 17.8 Å². The third kappa shape index (κ3) is 1.04. The number of hydrogen-bond acceptors (Lipinski definition) is 2. The highest BCUT2D eigenvalue weighted by Gasteiger charge is 2.55. The van der Waals surface area contributed by atoms with Gasteiger partial charge in [-0.05, 0) is 49.4 Å². The van der Waals surface area contributed by atoms with Crippen molar-refractivity contribution in [3.05, 3.63) is 0 Å². The van der Waals surface area contributed by atoms with E-state index in [1.807, 2.05) is 7.11 Å². The molecule has 0 saturated heterocycles. The van der Waals surface area contributed by atoms with E-state index < -0.39 is 0 Å². The van der Waals surface area contributed by atoms with E-state index in [0.29, 0.717) is 17.9 Å². The minimum atomic E-state index is 0.386. The third-order valence-electron chi connectivity index (χ3n) is 4.98. The zero-order chi connectivity index (χ0) is 9.71. The van der Waals surface area contributed by atoms with Crippen LogP contribution >= 0.6 is 0 Å². The first-order valence-electron chi connectivity index (χ1n) is 5.81. The lowest BCUT2D eigenvalue weighted by atomic mass is 9.76. The van der Waals surface area contributed by atoms with Gasteiger partial charge in [-0.15, -0.1) is 0 Å². The molecule has 6 atom stereocenters. The summed E-state index contributed by atoms with van der Waals surface area (Å²) in [6.45, 7) is 0. The highest BCUT2D eigenvalue weighted by Crippen LogP contribution is 2.60. The molecule has 0 heterocycles. The summed E-state index contributed by atoms with van der Waals surface area (Å²) in [4.78, 5) is 10.9. The monoisotopic (exact) mass is 194 g/mol. The van der Waals surface area contributed by atoms with Gasteiger partial charge in [-0.1, -0.05) is 0 Å². The molecule has 3 rings (SSSR count). The zero-order valence-electron chi connectivity index (χ0n) is 8.69. The number of carbonyl (C=O) groups is 1. The zero-order valence-corrected chi connectivity index (χ0v) is 8.69. The molecule has 0 aliphatic heterocycles. The van der Waals surface area contributed by atoms with Gasteiger partial charge in [0, 0.05) is 13.0 Å². The maximum Gasteiger partial charge on any atom is 0.123 e. The molecule has 6 unspecified atom stereocenters. The number of rotatable bonds is 2. The minimum Gasteiger partial charge on any atom is -0.381 e. The van der Waals surface area contributed by atoms with Gasteiger partial charge in [-0.25, -0.2) is 0 Å². The van der Waals surface area contributed by atoms with Crippen LogP contribution in [0.5, 0.6) is 0 Å². The summed E-state index contributed by atoms with van der Waals surface area (Å²) in [6, 6.07) is 0. The van der Waals surface area contributed by atoms with E-state index in [4.69, 9.17) is 4.74 Å². The van der Waals surface area contributed by atoms with Crippen LogP contribution in [0.4, 0.5) is 0 Å². The van der Waals surface area contributed by atoms with Crippen molar-refractivity contribution in [2.45, 2.75) is 31.8 Å². The molecule has 0 radical (unpaired) electrons. The Morgan fingerprint density at radius 3 is 2.57 bits per heavy atom. The van der Waals surface area contributed by atoms with Crippen LogP contribution in [0, 0.1) is 29.6 Å². The van der Waals surface area contributed by atoms with Crippen LogP contribution in [0.1, 0.15) is 25.7 Å². The van der Waals surface area contributed by atoms with Crippen molar-refractivity contribution in [1.82, 2.24) is 0 Å². The molecule has 2 bridgehead atoms. The van der Waals surface area contributed by atoms with E-state index in [2.05, 4.69) is 0 Å². The van der Waals surface area contributed by atoms with Gasteiger partial charge in [0.05, 0.1) is 6.10 Å². The summed E-state index contributed by atoms with van der Waals surface area (Å²) < 4.78 is 5.45. The maximum absolute atomic E-state index is 10.9. The molecule has 78 valence electrons. The van der Waals surface area contributed by atoms with Crippen molar-refractivity contribution in [2.75, 3.05) is 7.11 Å². The molecule has 14 heavy (non-hydrogen) atoms. The molecule has 0 aromatic carbocycles. The first kappa shape index (κ1) is 8.90. The Morgan fingerprint density at radius 2 is 1.86 bits per heavy atom. The van der Waals surface area contributed by atoms with Gasteiger partial charge in [0.15, 0.2) is 0 Å². The molecule has 2 heteroatoms. The lowest BCUT2D eigenvalue weighted by Crippen LogP contribution is -2.24. The quantitative estimate of drug-likeness (QED) is 0.627. The summed E-state index contributed by atoms with van der Waals surface area (Å²) in [5.41, 5.74) is 0. The predicted octanol–water partition coefficient (Wildman–Crippen LogP) is 1.88. The largest absolute Gasteiger partial charge is 0.381 e. The third-order valence-corrected chi connectivity index (χ3v) is 4.98. The summed E-state index contributed by atoms with van der Waals surface area (Å²) in [5, 5.41) is 0. The molecule has 0 spiro atoms. The van der Waals surface area contributed by atoms with Crippen molar-refractivity contribution < 1.29 is 9.53 Å². The highest BCUT2D eigenvalue weighted by atomic mass is 16.5. The predicted molar refractivity (Wildman–Crippen MR) is 52.8 cm³/mol. The van der Waals surface area contributed by atoms with Crippen molar-refractivity contribution in [3.63, 3.8) is 0 Å². The normalized spacial score (nSPS) is 54.9. The van der Waals surface area contributed by atoms with E-state index >= 15 is 0 Å². The average molecular weight is 194 g/mol. The van der Waals surface area contributed by atoms with Gasteiger partial charge in [0.2, 0.25) is 0 Å². The van der Waals surface area contributed by atoms with Gasteiger partial charge in [0.25, 0.3) is 0 Å². The van der Waals surface area contributed by atoms with E-state index in [-0.39, 0.29) is 0 Å². The van der Waals surface area contributed by atoms with Crippen LogP contribution in [-0.2, 0) is 9.53 Å². The second-order valence-electron chi connectivity index (χ2n) is 5.35. The lowest BCUT2D eigenvalue weighted by molar-refractivity contribution is -0.113. The Labute approximate surface area is 85.0 Å². The topological polar surface area (TPSA) is 26.3 Å². The van der Waals surface area contributed by atoms with Crippen LogP contribution in [0.15, 0.2) is 0 Å². The summed E-state index contributed by atoms with van der Waals surface area (Å²) in [7, 11) is 1.82. The molecule has 3 aliphatic carbocycles. The molecule has 3 aliphatic rings. The molecular formula is C12H18O2. The Kier molecular flexibility index (Phi) is 1.94. The Morgan fingerprint density at radius 1 is 1.07 bits per heavy atom. The fourth-order valence-electron chi connectivity index (χ4n) is 4.42. The molecule has 3 fully saturated rings. The SMILES string of the molecule is COC1CC2C3CC(C=O)C(C3)C2C1. The molecule has 0 aromatic heterocycles. The van der Waals surface area contributed by atoms with Crippen molar-refractivity contribution in [1.29, 1.82) is 0 Å². The van der Waals surface area contributed by atoms with E-state index in [9.17, 15) is 4.79 Å². The van der Waals surface area contributed by atoms with Crippen LogP contribution < -0.4 is 0 Å². The lowest BCUT2D eigenvalue weighted by Gasteiger charge is -2.27. The molecule has 3 saturated carbocycles. The maximum atomic E-state index is 10.9. The van der Waals surface area contributed by atoms with Crippen molar-refractivity contribution >= 4 is 6.29 Å². The molecule has 2 nitrogen and oxygen atoms in total. The molecule has 0 N–H and O–H groups in total. The fourth-order valence-corrected chi connectivity index (χ4v) is 4.42. The van der Waals surface area contributed by atoms with Gasteiger partial charge in [-0.3, -0.25) is 0 Å². The smallest absolute Gasteiger partial charge is 0.123 e. The number of aldehydes is 1. The Hall–Kier alpha value is -0.370. The van der Waals surface area contributed by atoms with Crippen molar-refractivity contribution in [3.8, 4) is 0 Å². The molecule has 0 amide bonds. The van der Waals surface area contributed by atoms with Gasteiger partial charge < -0.3 is 9.53 Å². The summed E-state index contributed by atoms with van der Waals surface area (Å²) in [5.74, 6) is 3.65. The van der Waals surface area contributed by atoms with Crippen LogP contribution in [0.3, 0.4) is 0 Å². The number of hydrogen-bond donors (Lipinski definition) is 0. The number of carbonyl (C=O) groups excluding carboxylic acids is 1. The number of ether oxygens (including phenoxy) is 1. The van der Waals surface area contributed by atoms with E-state index in [1.54, 1.807) is 0 Å². The minimum absolute atomic E-state index is 0.386. The fraction of sp³-hybridized carbons (Fsp3) is 0.917. The van der Waals surface area contributed by atoms with Crippen LogP contribution in [0.25, 0.3) is 0 Å². The average Bonchev–Trinajstić information content (AvgIpc) is 2.87. The molecular weight excluding hydrogens is 176 g/mol. The molecule has 0 aromatic rings. The van der Waals surface area contributed by atoms with Crippen molar-refractivity contribution in [2.24, 2.45) is 29.6 Å². The van der Waals surface area contributed by atoms with Crippen LogP contribution in [0.2, 0.25) is 0 Å².